The standard InChI is InChI=1S/C27H25F3N4O4S/c1-32(10-11-35)23(37)15-33-25(19-7-6-16(14-31)12-22(19)39-2)24-20(8-9-21(24)36)34(26(33)38)18-5-3-4-17(13-18)27(28,29)30/h3-7,12-13,25,35H,8-11,15H2,1-2H3. The summed E-state index contributed by atoms with van der Waals surface area (Å²) in [6.07, 6.45) is -2.68. The van der Waals surface area contributed by atoms with Gasteiger partial charge in [0.2, 0.25) is 5.91 Å². The third-order valence-corrected chi connectivity index (χ3v) is 7.54. The van der Waals surface area contributed by atoms with Crippen molar-refractivity contribution in [2.24, 2.45) is 0 Å². The quantitative estimate of drug-likeness (QED) is 0.507. The Morgan fingerprint density at radius 1 is 1.21 bits per heavy atom. The van der Waals surface area contributed by atoms with Crippen molar-refractivity contribution in [3.63, 3.8) is 0 Å². The third-order valence-electron chi connectivity index (χ3n) is 6.75. The molecule has 0 radical (unpaired) electrons. The summed E-state index contributed by atoms with van der Waals surface area (Å²) in [5.41, 5.74) is 0.389. The first-order valence-corrected chi connectivity index (χ1v) is 13.2. The number of ketones is 1. The van der Waals surface area contributed by atoms with Crippen LogP contribution in [-0.2, 0) is 15.8 Å². The number of rotatable bonds is 7. The Bertz CT molecular complexity index is 1400. The third kappa shape index (κ3) is 5.37. The summed E-state index contributed by atoms with van der Waals surface area (Å²) in [6.45, 7) is -0.800. The van der Waals surface area contributed by atoms with E-state index >= 15 is 0 Å². The molecule has 204 valence electrons. The number of carbonyl (C=O) groups is 3. The average molecular weight is 559 g/mol. The number of hydrogen-bond donors (Lipinski definition) is 1. The molecule has 0 aromatic heterocycles. The van der Waals surface area contributed by atoms with Crippen molar-refractivity contribution in [3.05, 3.63) is 70.4 Å². The van der Waals surface area contributed by atoms with E-state index in [4.69, 9.17) is 0 Å². The molecule has 1 N–H and O–H groups in total. The van der Waals surface area contributed by atoms with Crippen LogP contribution in [0.4, 0.5) is 23.7 Å². The van der Waals surface area contributed by atoms with E-state index in [1.54, 1.807) is 24.5 Å². The molecular weight excluding hydrogens is 533 g/mol. The maximum Gasteiger partial charge on any atom is 0.416 e. The van der Waals surface area contributed by atoms with Gasteiger partial charge < -0.3 is 14.9 Å². The molecule has 1 unspecified atom stereocenters. The Morgan fingerprint density at radius 3 is 2.59 bits per heavy atom. The summed E-state index contributed by atoms with van der Waals surface area (Å²) < 4.78 is 40.6. The molecule has 12 heteroatoms. The molecule has 4 rings (SSSR count). The van der Waals surface area contributed by atoms with Crippen molar-refractivity contribution in [2.45, 2.75) is 30.0 Å². The molecule has 0 bridgehead atoms. The minimum absolute atomic E-state index is 0.00266. The predicted molar refractivity (Wildman–Crippen MR) is 138 cm³/mol. The zero-order chi connectivity index (χ0) is 28.5. The zero-order valence-corrected chi connectivity index (χ0v) is 22.0. The van der Waals surface area contributed by atoms with Gasteiger partial charge in [0.1, 0.15) is 6.54 Å². The number of alkyl halides is 3. The molecule has 1 aliphatic heterocycles. The molecule has 0 spiro atoms. The molecule has 2 aliphatic rings. The molecule has 0 fully saturated rings. The van der Waals surface area contributed by atoms with E-state index in [9.17, 15) is 37.9 Å². The number of thioether (sulfide) groups is 1. The predicted octanol–water partition coefficient (Wildman–Crippen LogP) is 4.35. The number of Topliss-reactive ketones (excluding diaryl/α,β-unsaturated/α-hetero) is 1. The Labute approximate surface area is 227 Å². The molecule has 2 aromatic carbocycles. The highest BCUT2D eigenvalue weighted by Crippen LogP contribution is 2.47. The topological polar surface area (TPSA) is 105 Å². The second kappa shape index (κ2) is 11.1. The van der Waals surface area contributed by atoms with Crippen molar-refractivity contribution in [2.75, 3.05) is 37.9 Å². The number of anilines is 1. The Balaban J connectivity index is 1.93. The van der Waals surface area contributed by atoms with Crippen LogP contribution in [0.25, 0.3) is 0 Å². The second-order valence-electron chi connectivity index (χ2n) is 9.09. The summed E-state index contributed by atoms with van der Waals surface area (Å²) in [5.74, 6) is -0.808. The van der Waals surface area contributed by atoms with Gasteiger partial charge in [-0.1, -0.05) is 12.1 Å². The number of likely N-dealkylation sites (N-methyl/N-ethyl adjacent to an activating group) is 1. The summed E-state index contributed by atoms with van der Waals surface area (Å²) in [4.78, 5) is 44.6. The SMILES string of the molecule is CSc1cc(C#N)ccc1C1C2=C(CCC2=O)N(c2cccc(C(F)(F)F)c2)C(=O)N1CC(=O)N(C)CCO. The van der Waals surface area contributed by atoms with Crippen molar-refractivity contribution >= 4 is 35.2 Å². The number of aliphatic hydroxyl groups excluding tert-OH is 1. The number of urea groups is 1. The minimum Gasteiger partial charge on any atom is -0.395 e. The summed E-state index contributed by atoms with van der Waals surface area (Å²) >= 11 is 1.30. The largest absolute Gasteiger partial charge is 0.416 e. The van der Waals surface area contributed by atoms with E-state index in [0.717, 1.165) is 17.0 Å². The highest BCUT2D eigenvalue weighted by Gasteiger charge is 2.47. The number of aliphatic hydroxyl groups is 1. The van der Waals surface area contributed by atoms with Crippen LogP contribution in [0.3, 0.4) is 0 Å². The fraction of sp³-hybridized carbons (Fsp3) is 0.333. The van der Waals surface area contributed by atoms with Gasteiger partial charge in [-0.05, 0) is 48.6 Å². The van der Waals surface area contributed by atoms with E-state index in [2.05, 4.69) is 6.07 Å². The molecule has 1 aliphatic carbocycles. The van der Waals surface area contributed by atoms with E-state index in [1.807, 2.05) is 0 Å². The van der Waals surface area contributed by atoms with Crippen LogP contribution in [-0.4, -0.2) is 65.6 Å². The Kier molecular flexibility index (Phi) is 8.04. The second-order valence-corrected chi connectivity index (χ2v) is 9.94. The number of hydrogen-bond acceptors (Lipinski definition) is 6. The highest BCUT2D eigenvalue weighted by molar-refractivity contribution is 7.98. The monoisotopic (exact) mass is 558 g/mol. The molecule has 39 heavy (non-hydrogen) atoms. The van der Waals surface area contributed by atoms with Gasteiger partial charge in [-0.3, -0.25) is 14.5 Å². The Hall–Kier alpha value is -3.82. The van der Waals surface area contributed by atoms with Crippen molar-refractivity contribution in [3.8, 4) is 6.07 Å². The summed E-state index contributed by atoms with van der Waals surface area (Å²) in [7, 11) is 1.45. The van der Waals surface area contributed by atoms with Gasteiger partial charge in [-0.25, -0.2) is 4.79 Å². The lowest BCUT2D eigenvalue weighted by Crippen LogP contribution is -2.53. The summed E-state index contributed by atoms with van der Waals surface area (Å²) in [6, 6.07) is 9.40. The fourth-order valence-electron chi connectivity index (χ4n) is 4.83. The number of allylic oxidation sites excluding steroid dienone is 1. The zero-order valence-electron chi connectivity index (χ0n) is 21.2. The van der Waals surface area contributed by atoms with Crippen molar-refractivity contribution < 1.29 is 32.7 Å². The normalized spacial score (nSPS) is 17.4. The van der Waals surface area contributed by atoms with Crippen LogP contribution in [0.2, 0.25) is 0 Å². The van der Waals surface area contributed by atoms with Gasteiger partial charge in [0, 0.05) is 36.2 Å². The van der Waals surface area contributed by atoms with Crippen LogP contribution in [0, 0.1) is 11.3 Å². The first-order chi connectivity index (χ1) is 18.5. The van der Waals surface area contributed by atoms with E-state index in [-0.39, 0.29) is 48.7 Å². The van der Waals surface area contributed by atoms with Gasteiger partial charge in [-0.2, -0.15) is 18.4 Å². The van der Waals surface area contributed by atoms with Gasteiger partial charge in [0.25, 0.3) is 0 Å². The lowest BCUT2D eigenvalue weighted by atomic mass is 9.92. The molecule has 0 saturated carbocycles. The molecule has 1 atom stereocenters. The summed E-state index contributed by atoms with van der Waals surface area (Å²) in [5, 5.41) is 18.6. The molecule has 2 aromatic rings. The van der Waals surface area contributed by atoms with E-state index in [1.165, 1.54) is 40.7 Å². The van der Waals surface area contributed by atoms with E-state index in [0.29, 0.717) is 16.0 Å². The maximum absolute atomic E-state index is 14.1. The van der Waals surface area contributed by atoms with Crippen LogP contribution in [0.1, 0.15) is 35.6 Å². The average Bonchev–Trinajstić information content (AvgIpc) is 3.29. The Morgan fingerprint density at radius 2 is 1.95 bits per heavy atom. The van der Waals surface area contributed by atoms with E-state index < -0.39 is 36.3 Å². The van der Waals surface area contributed by atoms with Gasteiger partial charge in [0.05, 0.1) is 35.5 Å². The lowest BCUT2D eigenvalue weighted by molar-refractivity contribution is -0.137. The first kappa shape index (κ1) is 28.2. The highest BCUT2D eigenvalue weighted by atomic mass is 32.2. The minimum atomic E-state index is -4.65. The van der Waals surface area contributed by atoms with Crippen LogP contribution < -0.4 is 4.90 Å². The van der Waals surface area contributed by atoms with Gasteiger partial charge >= 0.3 is 12.2 Å². The van der Waals surface area contributed by atoms with Crippen LogP contribution in [0.5, 0.6) is 0 Å². The molecule has 8 nitrogen and oxygen atoms in total. The number of carbonyl (C=O) groups excluding carboxylic acids is 3. The maximum atomic E-state index is 14.1. The van der Waals surface area contributed by atoms with Crippen molar-refractivity contribution in [1.82, 2.24) is 9.80 Å². The smallest absolute Gasteiger partial charge is 0.395 e. The van der Waals surface area contributed by atoms with Crippen LogP contribution in [0.15, 0.2) is 58.6 Å². The number of halogens is 3. The molecule has 0 saturated heterocycles. The van der Waals surface area contributed by atoms with Gasteiger partial charge in [0.15, 0.2) is 5.78 Å². The van der Waals surface area contributed by atoms with Crippen molar-refractivity contribution in [1.29, 1.82) is 5.26 Å². The first-order valence-electron chi connectivity index (χ1n) is 12.0. The number of amides is 3. The fourth-order valence-corrected chi connectivity index (χ4v) is 5.49. The number of benzene rings is 2. The molecule has 3 amide bonds. The molecule has 1 heterocycles. The van der Waals surface area contributed by atoms with Gasteiger partial charge in [-0.15, -0.1) is 11.8 Å². The lowest BCUT2D eigenvalue weighted by Gasteiger charge is -2.42. The molecular formula is C27H25F3N4O4S. The van der Waals surface area contributed by atoms with Crippen LogP contribution >= 0.6 is 11.8 Å². The number of nitrogens with zero attached hydrogens (tertiary/aromatic N) is 4. The number of nitriles is 1.